The maximum atomic E-state index is 12.6. The number of aryl methyl sites for hydroxylation is 1. The van der Waals surface area contributed by atoms with Gasteiger partial charge in [0.1, 0.15) is 0 Å². The molecule has 2 aromatic rings. The SMILES string of the molecule is CCN(CC)c1ccc(S(=O)(=O)c2ccccc2)cc1C. The highest BCUT2D eigenvalue weighted by atomic mass is 32.2. The quantitative estimate of drug-likeness (QED) is 0.845. The summed E-state index contributed by atoms with van der Waals surface area (Å²) in [5.41, 5.74) is 2.07. The van der Waals surface area contributed by atoms with E-state index < -0.39 is 9.84 Å². The zero-order valence-corrected chi connectivity index (χ0v) is 13.5. The molecule has 0 aromatic heterocycles. The van der Waals surface area contributed by atoms with Crippen LogP contribution in [0.3, 0.4) is 0 Å². The number of nitrogens with zero attached hydrogens (tertiary/aromatic N) is 1. The normalized spacial score (nSPS) is 11.4. The molecule has 0 unspecified atom stereocenters. The van der Waals surface area contributed by atoms with E-state index in [1.54, 1.807) is 36.4 Å². The highest BCUT2D eigenvalue weighted by molar-refractivity contribution is 7.91. The summed E-state index contributed by atoms with van der Waals surface area (Å²) in [7, 11) is -3.44. The fourth-order valence-electron chi connectivity index (χ4n) is 2.45. The van der Waals surface area contributed by atoms with Crippen LogP contribution in [0.1, 0.15) is 19.4 Å². The van der Waals surface area contributed by atoms with Crippen LogP contribution in [0.25, 0.3) is 0 Å². The number of hydrogen-bond acceptors (Lipinski definition) is 3. The van der Waals surface area contributed by atoms with Crippen LogP contribution >= 0.6 is 0 Å². The molecule has 0 saturated heterocycles. The lowest BCUT2D eigenvalue weighted by Crippen LogP contribution is -2.22. The molecular weight excluding hydrogens is 282 g/mol. The van der Waals surface area contributed by atoms with Crippen molar-refractivity contribution in [3.05, 3.63) is 54.1 Å². The van der Waals surface area contributed by atoms with E-state index in [4.69, 9.17) is 0 Å². The van der Waals surface area contributed by atoms with Crippen molar-refractivity contribution in [2.75, 3.05) is 18.0 Å². The Morgan fingerprint density at radius 3 is 2.05 bits per heavy atom. The van der Waals surface area contributed by atoms with E-state index in [-0.39, 0.29) is 0 Å². The molecule has 0 N–H and O–H groups in total. The smallest absolute Gasteiger partial charge is 0.206 e. The largest absolute Gasteiger partial charge is 0.372 e. The van der Waals surface area contributed by atoms with Crippen LogP contribution in [0, 0.1) is 6.92 Å². The van der Waals surface area contributed by atoms with Crippen LogP contribution in [0.2, 0.25) is 0 Å². The van der Waals surface area contributed by atoms with Crippen molar-refractivity contribution in [2.45, 2.75) is 30.6 Å². The minimum atomic E-state index is -3.44. The van der Waals surface area contributed by atoms with Gasteiger partial charge in [0.15, 0.2) is 0 Å². The predicted molar refractivity (Wildman–Crippen MR) is 86.6 cm³/mol. The van der Waals surface area contributed by atoms with Gasteiger partial charge < -0.3 is 4.90 Å². The monoisotopic (exact) mass is 303 g/mol. The van der Waals surface area contributed by atoms with Crippen LogP contribution < -0.4 is 4.90 Å². The molecule has 0 aliphatic heterocycles. The Morgan fingerprint density at radius 1 is 0.905 bits per heavy atom. The first kappa shape index (κ1) is 15.6. The standard InChI is InChI=1S/C17H21NO2S/c1-4-18(5-2)17-12-11-16(13-14(17)3)21(19,20)15-9-7-6-8-10-15/h6-13H,4-5H2,1-3H3. The maximum Gasteiger partial charge on any atom is 0.206 e. The van der Waals surface area contributed by atoms with Gasteiger partial charge in [-0.05, 0) is 56.7 Å². The van der Waals surface area contributed by atoms with Crippen molar-refractivity contribution in [2.24, 2.45) is 0 Å². The van der Waals surface area contributed by atoms with Gasteiger partial charge >= 0.3 is 0 Å². The number of anilines is 1. The van der Waals surface area contributed by atoms with Crippen LogP contribution in [0.5, 0.6) is 0 Å². The second-order valence-electron chi connectivity index (χ2n) is 4.94. The van der Waals surface area contributed by atoms with Gasteiger partial charge in [-0.3, -0.25) is 0 Å². The van der Waals surface area contributed by atoms with E-state index in [9.17, 15) is 8.42 Å². The number of rotatable bonds is 5. The van der Waals surface area contributed by atoms with Crippen molar-refractivity contribution in [1.29, 1.82) is 0 Å². The minimum Gasteiger partial charge on any atom is -0.372 e. The van der Waals surface area contributed by atoms with Crippen molar-refractivity contribution >= 4 is 15.5 Å². The zero-order chi connectivity index (χ0) is 15.5. The highest BCUT2D eigenvalue weighted by Gasteiger charge is 2.18. The third-order valence-corrected chi connectivity index (χ3v) is 5.40. The molecule has 0 amide bonds. The van der Waals surface area contributed by atoms with Crippen molar-refractivity contribution < 1.29 is 8.42 Å². The highest BCUT2D eigenvalue weighted by Crippen LogP contribution is 2.26. The maximum absolute atomic E-state index is 12.6. The molecule has 2 aromatic carbocycles. The summed E-state index contributed by atoms with van der Waals surface area (Å²) in [6.45, 7) is 7.96. The molecule has 0 spiro atoms. The topological polar surface area (TPSA) is 37.4 Å². The minimum absolute atomic E-state index is 0.333. The second kappa shape index (κ2) is 6.31. The van der Waals surface area contributed by atoms with E-state index in [0.29, 0.717) is 9.79 Å². The lowest BCUT2D eigenvalue weighted by Gasteiger charge is -2.23. The summed E-state index contributed by atoms with van der Waals surface area (Å²) in [6, 6.07) is 13.9. The van der Waals surface area contributed by atoms with Gasteiger partial charge in [0, 0.05) is 18.8 Å². The molecule has 0 aliphatic rings. The van der Waals surface area contributed by atoms with Crippen LogP contribution in [0.4, 0.5) is 5.69 Å². The summed E-state index contributed by atoms with van der Waals surface area (Å²) in [6.07, 6.45) is 0. The summed E-state index contributed by atoms with van der Waals surface area (Å²) < 4.78 is 25.2. The summed E-state index contributed by atoms with van der Waals surface area (Å²) in [4.78, 5) is 2.90. The predicted octanol–water partition coefficient (Wildman–Crippen LogP) is 3.67. The molecule has 0 fully saturated rings. The van der Waals surface area contributed by atoms with Crippen LogP contribution in [0.15, 0.2) is 58.3 Å². The first-order chi connectivity index (χ1) is 10.0. The fraction of sp³-hybridized carbons (Fsp3) is 0.294. The van der Waals surface area contributed by atoms with Crippen molar-refractivity contribution in [3.63, 3.8) is 0 Å². The summed E-state index contributed by atoms with van der Waals surface area (Å²) in [5, 5.41) is 0. The van der Waals surface area contributed by atoms with E-state index in [1.165, 1.54) is 0 Å². The van der Waals surface area contributed by atoms with Crippen molar-refractivity contribution in [1.82, 2.24) is 0 Å². The molecule has 0 heterocycles. The molecule has 0 radical (unpaired) electrons. The third kappa shape index (κ3) is 3.10. The molecule has 2 rings (SSSR count). The summed E-state index contributed by atoms with van der Waals surface area (Å²) in [5.74, 6) is 0. The molecule has 0 aliphatic carbocycles. The first-order valence-corrected chi connectivity index (χ1v) is 8.64. The average molecular weight is 303 g/mol. The molecule has 0 bridgehead atoms. The molecule has 0 saturated carbocycles. The van der Waals surface area contributed by atoms with Crippen LogP contribution in [-0.4, -0.2) is 21.5 Å². The summed E-state index contributed by atoms with van der Waals surface area (Å²) >= 11 is 0. The van der Waals surface area contributed by atoms with E-state index in [0.717, 1.165) is 24.3 Å². The number of sulfone groups is 1. The number of benzene rings is 2. The van der Waals surface area contributed by atoms with Gasteiger partial charge in [-0.15, -0.1) is 0 Å². The Morgan fingerprint density at radius 2 is 1.52 bits per heavy atom. The molecule has 21 heavy (non-hydrogen) atoms. The molecular formula is C17H21NO2S. The van der Waals surface area contributed by atoms with E-state index in [1.807, 2.05) is 19.1 Å². The van der Waals surface area contributed by atoms with Crippen LogP contribution in [-0.2, 0) is 9.84 Å². The fourth-order valence-corrected chi connectivity index (χ4v) is 3.82. The Bertz CT molecular complexity index is 705. The van der Waals surface area contributed by atoms with Gasteiger partial charge in [-0.2, -0.15) is 0 Å². The van der Waals surface area contributed by atoms with Gasteiger partial charge in [-0.1, -0.05) is 18.2 Å². The Balaban J connectivity index is 2.45. The van der Waals surface area contributed by atoms with E-state index >= 15 is 0 Å². The van der Waals surface area contributed by atoms with Gasteiger partial charge in [0.05, 0.1) is 9.79 Å². The van der Waals surface area contributed by atoms with Gasteiger partial charge in [0.2, 0.25) is 9.84 Å². The van der Waals surface area contributed by atoms with Gasteiger partial charge in [-0.25, -0.2) is 8.42 Å². The van der Waals surface area contributed by atoms with Crippen molar-refractivity contribution in [3.8, 4) is 0 Å². The lowest BCUT2D eigenvalue weighted by atomic mass is 10.2. The molecule has 4 heteroatoms. The Hall–Kier alpha value is -1.81. The Kier molecular flexibility index (Phi) is 4.68. The molecule has 3 nitrogen and oxygen atoms in total. The zero-order valence-electron chi connectivity index (χ0n) is 12.7. The molecule has 0 atom stereocenters. The van der Waals surface area contributed by atoms with E-state index in [2.05, 4.69) is 18.7 Å². The Labute approximate surface area is 127 Å². The third-order valence-electron chi connectivity index (χ3n) is 3.64. The van der Waals surface area contributed by atoms with Gasteiger partial charge in [0.25, 0.3) is 0 Å². The lowest BCUT2D eigenvalue weighted by molar-refractivity contribution is 0.596. The first-order valence-electron chi connectivity index (χ1n) is 7.16. The average Bonchev–Trinajstić information content (AvgIpc) is 2.50. The second-order valence-corrected chi connectivity index (χ2v) is 6.89. The molecule has 112 valence electrons. The number of hydrogen-bond donors (Lipinski definition) is 0.